The van der Waals surface area contributed by atoms with E-state index in [0.29, 0.717) is 27.7 Å². The molecule has 3 aromatic carbocycles. The number of carbonyl (C=O) groups is 1. The summed E-state index contributed by atoms with van der Waals surface area (Å²) in [6, 6.07) is 24.1. The fraction of sp³-hybridized carbons (Fsp3) is 0.0833. The van der Waals surface area contributed by atoms with Crippen molar-refractivity contribution in [2.75, 3.05) is 19.0 Å². The normalized spacial score (nSPS) is 10.6. The number of carbonyl (C=O) groups excluding carboxylic acids is 1. The second-order valence-corrected chi connectivity index (χ2v) is 7.01. The summed E-state index contributed by atoms with van der Waals surface area (Å²) >= 11 is 5.88. The van der Waals surface area contributed by atoms with Gasteiger partial charge in [0.1, 0.15) is 17.0 Å². The van der Waals surface area contributed by atoms with Crippen LogP contribution in [-0.4, -0.2) is 24.6 Å². The van der Waals surface area contributed by atoms with E-state index in [1.54, 1.807) is 31.4 Å². The second-order valence-electron chi connectivity index (χ2n) is 6.57. The van der Waals surface area contributed by atoms with Crippen molar-refractivity contribution in [1.29, 1.82) is 0 Å². The standard InChI is InChI=1S/C24H19ClN2O3/c1-29-21-9-5-8-19-22(14-20(27-24(19)21)16-6-3-2-4-7-16)30-15-23(28)26-18-12-10-17(25)11-13-18/h2-14H,15H2,1H3,(H,26,28). The third-order valence-corrected chi connectivity index (χ3v) is 4.79. The Morgan fingerprint density at radius 3 is 2.47 bits per heavy atom. The number of nitrogens with zero attached hydrogens (tertiary/aromatic N) is 1. The highest BCUT2D eigenvalue weighted by Gasteiger charge is 2.13. The number of rotatable bonds is 6. The van der Waals surface area contributed by atoms with Crippen LogP contribution in [0.3, 0.4) is 0 Å². The quantitative estimate of drug-likeness (QED) is 0.444. The number of halogens is 1. The molecule has 150 valence electrons. The molecular formula is C24H19ClN2O3. The van der Waals surface area contributed by atoms with Crippen LogP contribution in [-0.2, 0) is 4.79 Å². The first-order valence-electron chi connectivity index (χ1n) is 9.35. The Kier molecular flexibility index (Phi) is 5.82. The van der Waals surface area contributed by atoms with Crippen molar-refractivity contribution < 1.29 is 14.3 Å². The fourth-order valence-corrected chi connectivity index (χ4v) is 3.23. The number of nitrogens with one attached hydrogen (secondary N) is 1. The third-order valence-electron chi connectivity index (χ3n) is 4.54. The molecule has 0 aliphatic rings. The van der Waals surface area contributed by atoms with E-state index in [9.17, 15) is 4.79 Å². The minimum atomic E-state index is -0.272. The maximum Gasteiger partial charge on any atom is 0.262 e. The number of anilines is 1. The first kappa shape index (κ1) is 19.7. The number of benzene rings is 3. The fourth-order valence-electron chi connectivity index (χ4n) is 3.11. The summed E-state index contributed by atoms with van der Waals surface area (Å²) in [5, 5.41) is 4.17. The Morgan fingerprint density at radius 2 is 1.73 bits per heavy atom. The van der Waals surface area contributed by atoms with Crippen molar-refractivity contribution in [2.24, 2.45) is 0 Å². The van der Waals surface area contributed by atoms with Gasteiger partial charge in [-0.2, -0.15) is 0 Å². The summed E-state index contributed by atoms with van der Waals surface area (Å²) in [4.78, 5) is 17.1. The zero-order valence-corrected chi connectivity index (χ0v) is 17.0. The number of fused-ring (bicyclic) bond motifs is 1. The molecule has 1 aromatic heterocycles. The lowest BCUT2D eigenvalue weighted by atomic mass is 10.1. The molecule has 4 aromatic rings. The molecule has 6 heteroatoms. The van der Waals surface area contributed by atoms with Crippen LogP contribution in [0.1, 0.15) is 0 Å². The Bertz CT molecular complexity index is 1180. The molecule has 0 saturated carbocycles. The maximum atomic E-state index is 12.4. The number of aromatic nitrogens is 1. The van der Waals surface area contributed by atoms with Gasteiger partial charge in [-0.3, -0.25) is 4.79 Å². The van der Waals surface area contributed by atoms with Crippen LogP contribution >= 0.6 is 11.6 Å². The number of hydrogen-bond donors (Lipinski definition) is 1. The molecule has 0 atom stereocenters. The molecule has 4 rings (SSSR count). The van der Waals surface area contributed by atoms with Gasteiger partial charge in [0.2, 0.25) is 0 Å². The van der Waals surface area contributed by atoms with Crippen molar-refractivity contribution >= 4 is 34.1 Å². The summed E-state index contributed by atoms with van der Waals surface area (Å²) < 4.78 is 11.4. The van der Waals surface area contributed by atoms with Gasteiger partial charge >= 0.3 is 0 Å². The third kappa shape index (κ3) is 4.36. The Hall–Kier alpha value is -3.57. The van der Waals surface area contributed by atoms with Gasteiger partial charge in [0.25, 0.3) is 5.91 Å². The van der Waals surface area contributed by atoms with Crippen LogP contribution in [0.15, 0.2) is 78.9 Å². The predicted octanol–water partition coefficient (Wildman–Crippen LogP) is 5.58. The van der Waals surface area contributed by atoms with Crippen LogP contribution in [0.5, 0.6) is 11.5 Å². The number of methoxy groups -OCH3 is 1. The highest BCUT2D eigenvalue weighted by molar-refractivity contribution is 6.30. The van der Waals surface area contributed by atoms with E-state index in [2.05, 4.69) is 5.32 Å². The average Bonchev–Trinajstić information content (AvgIpc) is 2.79. The predicted molar refractivity (Wildman–Crippen MR) is 119 cm³/mol. The Labute approximate surface area is 179 Å². The van der Waals surface area contributed by atoms with Gasteiger partial charge in [-0.1, -0.05) is 48.0 Å². The van der Waals surface area contributed by atoms with Crippen LogP contribution in [0.4, 0.5) is 5.69 Å². The molecule has 30 heavy (non-hydrogen) atoms. The molecule has 0 aliphatic carbocycles. The minimum absolute atomic E-state index is 0.146. The van der Waals surface area contributed by atoms with E-state index >= 15 is 0 Å². The van der Waals surface area contributed by atoms with Gasteiger partial charge in [0.05, 0.1) is 12.8 Å². The molecule has 0 radical (unpaired) electrons. The summed E-state index contributed by atoms with van der Waals surface area (Å²) in [5.74, 6) is 0.927. The zero-order valence-electron chi connectivity index (χ0n) is 16.3. The molecule has 0 saturated heterocycles. The highest BCUT2D eigenvalue weighted by Crippen LogP contribution is 2.34. The van der Waals surface area contributed by atoms with Crippen LogP contribution in [0.2, 0.25) is 5.02 Å². The Morgan fingerprint density at radius 1 is 0.967 bits per heavy atom. The van der Waals surface area contributed by atoms with Crippen molar-refractivity contribution in [2.45, 2.75) is 0 Å². The first-order chi connectivity index (χ1) is 14.6. The molecule has 5 nitrogen and oxygen atoms in total. The highest BCUT2D eigenvalue weighted by atomic mass is 35.5. The number of ether oxygens (including phenoxy) is 2. The second kappa shape index (κ2) is 8.84. The first-order valence-corrected chi connectivity index (χ1v) is 9.73. The topological polar surface area (TPSA) is 60.5 Å². The van der Waals surface area contributed by atoms with Crippen molar-refractivity contribution in [3.63, 3.8) is 0 Å². The number of para-hydroxylation sites is 1. The van der Waals surface area contributed by atoms with E-state index in [4.69, 9.17) is 26.1 Å². The number of amides is 1. The monoisotopic (exact) mass is 418 g/mol. The van der Waals surface area contributed by atoms with Gasteiger partial charge in [-0.05, 0) is 36.4 Å². The summed E-state index contributed by atoms with van der Waals surface area (Å²) in [5.41, 5.74) is 3.01. The van der Waals surface area contributed by atoms with E-state index < -0.39 is 0 Å². The van der Waals surface area contributed by atoms with Crippen LogP contribution in [0, 0.1) is 0 Å². The van der Waals surface area contributed by atoms with Crippen molar-refractivity contribution in [3.8, 4) is 22.8 Å². The SMILES string of the molecule is COc1cccc2c(OCC(=O)Nc3ccc(Cl)cc3)cc(-c3ccccc3)nc12. The van der Waals surface area contributed by atoms with Gasteiger partial charge in [-0.15, -0.1) is 0 Å². The van der Waals surface area contributed by atoms with Gasteiger partial charge in [0, 0.05) is 27.7 Å². The molecular weight excluding hydrogens is 400 g/mol. The molecule has 1 amide bonds. The summed E-state index contributed by atoms with van der Waals surface area (Å²) in [6.45, 7) is -0.146. The average molecular weight is 419 g/mol. The smallest absolute Gasteiger partial charge is 0.262 e. The molecule has 0 spiro atoms. The Balaban J connectivity index is 1.63. The number of hydrogen-bond acceptors (Lipinski definition) is 4. The van der Waals surface area contributed by atoms with E-state index in [1.807, 2.05) is 54.6 Å². The van der Waals surface area contributed by atoms with E-state index in [1.165, 1.54) is 0 Å². The molecule has 1 N–H and O–H groups in total. The van der Waals surface area contributed by atoms with Gasteiger partial charge < -0.3 is 14.8 Å². The minimum Gasteiger partial charge on any atom is -0.494 e. The molecule has 0 unspecified atom stereocenters. The van der Waals surface area contributed by atoms with Crippen LogP contribution < -0.4 is 14.8 Å². The largest absolute Gasteiger partial charge is 0.494 e. The molecule has 0 fully saturated rings. The lowest BCUT2D eigenvalue weighted by molar-refractivity contribution is -0.118. The zero-order chi connectivity index (χ0) is 20.9. The molecule has 1 heterocycles. The molecule has 0 bridgehead atoms. The number of pyridine rings is 1. The van der Waals surface area contributed by atoms with E-state index in [0.717, 1.165) is 16.6 Å². The summed E-state index contributed by atoms with van der Waals surface area (Å²) in [7, 11) is 1.60. The van der Waals surface area contributed by atoms with E-state index in [-0.39, 0.29) is 12.5 Å². The van der Waals surface area contributed by atoms with Crippen molar-refractivity contribution in [1.82, 2.24) is 4.98 Å². The van der Waals surface area contributed by atoms with Gasteiger partial charge in [0.15, 0.2) is 6.61 Å². The lowest BCUT2D eigenvalue weighted by Crippen LogP contribution is -2.20. The van der Waals surface area contributed by atoms with Crippen molar-refractivity contribution in [3.05, 3.63) is 83.9 Å². The van der Waals surface area contributed by atoms with Gasteiger partial charge in [-0.25, -0.2) is 4.98 Å². The summed E-state index contributed by atoms with van der Waals surface area (Å²) in [6.07, 6.45) is 0. The maximum absolute atomic E-state index is 12.4. The molecule has 0 aliphatic heterocycles. The lowest BCUT2D eigenvalue weighted by Gasteiger charge is -2.13. The van der Waals surface area contributed by atoms with Crippen LogP contribution in [0.25, 0.3) is 22.2 Å².